The summed E-state index contributed by atoms with van der Waals surface area (Å²) in [6.45, 7) is 3.95. The molecule has 5 rings (SSSR count). The van der Waals surface area contributed by atoms with Crippen molar-refractivity contribution in [3.05, 3.63) is 101 Å². The van der Waals surface area contributed by atoms with Crippen LogP contribution in [0.25, 0.3) is 17.4 Å². The van der Waals surface area contributed by atoms with Crippen LogP contribution in [-0.4, -0.2) is 47.0 Å². The highest BCUT2D eigenvalue weighted by Crippen LogP contribution is 2.35. The molecule has 1 aliphatic heterocycles. The Balaban J connectivity index is 1.36. The van der Waals surface area contributed by atoms with Gasteiger partial charge in [-0.15, -0.1) is 17.9 Å². The number of carbonyl (C=O) groups is 2. The summed E-state index contributed by atoms with van der Waals surface area (Å²) in [6.07, 6.45) is 4.70. The van der Waals surface area contributed by atoms with E-state index in [2.05, 4.69) is 21.3 Å². The lowest BCUT2D eigenvalue weighted by Crippen LogP contribution is -2.29. The minimum atomic E-state index is -3.80. The molecule has 40 heavy (non-hydrogen) atoms. The molecule has 2 aromatic carbocycles. The summed E-state index contributed by atoms with van der Waals surface area (Å²) in [7, 11) is -3.80. The van der Waals surface area contributed by atoms with Crippen LogP contribution in [0, 0.1) is 0 Å². The number of aromatic carboxylic acids is 1. The molecule has 4 aromatic rings. The maximum absolute atomic E-state index is 13.1. The molecular formula is C27H20N4O6S3. The van der Waals surface area contributed by atoms with E-state index in [-0.39, 0.29) is 28.0 Å². The van der Waals surface area contributed by atoms with Gasteiger partial charge in [-0.2, -0.15) is 0 Å². The molecule has 1 amide bonds. The van der Waals surface area contributed by atoms with Crippen molar-refractivity contribution in [2.24, 2.45) is 4.99 Å². The molecule has 0 saturated carbocycles. The number of carboxylic acids is 1. The molecule has 10 nitrogen and oxygen atoms in total. The Morgan fingerprint density at radius 1 is 1.12 bits per heavy atom. The Hall–Kier alpha value is -4.46. The average Bonchev–Trinajstić information content (AvgIpc) is 3.68. The molecule has 0 bridgehead atoms. The first-order valence-electron chi connectivity index (χ1n) is 11.6. The van der Waals surface area contributed by atoms with Crippen LogP contribution in [0.5, 0.6) is 0 Å². The topological polar surface area (TPSA) is 142 Å². The Morgan fingerprint density at radius 2 is 1.88 bits per heavy atom. The fourth-order valence-corrected chi connectivity index (χ4v) is 6.41. The molecule has 202 valence electrons. The summed E-state index contributed by atoms with van der Waals surface area (Å²) in [5, 5.41) is 11.4. The van der Waals surface area contributed by atoms with E-state index >= 15 is 0 Å². The lowest BCUT2D eigenvalue weighted by atomic mass is 10.1. The summed E-state index contributed by atoms with van der Waals surface area (Å²) >= 11 is 2.33. The fraction of sp³-hybridized carbons (Fsp3) is 0.0370. The number of carboxylic acid groups (broad SMARTS) is 1. The minimum absolute atomic E-state index is 0.0524. The normalized spacial score (nSPS) is 15.6. The van der Waals surface area contributed by atoms with Crippen LogP contribution in [0.4, 0.5) is 10.8 Å². The number of furan rings is 1. The molecule has 2 N–H and O–H groups in total. The van der Waals surface area contributed by atoms with E-state index in [1.807, 2.05) is 0 Å². The predicted molar refractivity (Wildman–Crippen MR) is 155 cm³/mol. The van der Waals surface area contributed by atoms with E-state index in [0.29, 0.717) is 32.8 Å². The van der Waals surface area contributed by atoms with E-state index in [9.17, 15) is 18.0 Å². The van der Waals surface area contributed by atoms with Gasteiger partial charge in [0.2, 0.25) is 0 Å². The molecule has 0 atom stereocenters. The number of aliphatic imine (C=N–C) groups is 1. The van der Waals surface area contributed by atoms with Crippen LogP contribution in [0.2, 0.25) is 0 Å². The zero-order valence-corrected chi connectivity index (χ0v) is 23.0. The number of amidine groups is 1. The van der Waals surface area contributed by atoms with Crippen LogP contribution in [0.3, 0.4) is 0 Å². The van der Waals surface area contributed by atoms with Gasteiger partial charge in [-0.3, -0.25) is 14.4 Å². The fourth-order valence-electron chi connectivity index (χ4n) is 3.63. The second-order valence-electron chi connectivity index (χ2n) is 8.23. The SMILES string of the molecule is C=CCN1C(=O)C(=Cc2ccc(-c3ccc(C(=O)O)cc3)o2)SC1=Nc1ccc(S(=O)(=O)Nc2nccs2)cc1. The van der Waals surface area contributed by atoms with Gasteiger partial charge in [0.05, 0.1) is 21.1 Å². The molecule has 3 heterocycles. The van der Waals surface area contributed by atoms with Crippen molar-refractivity contribution in [3.8, 4) is 11.3 Å². The van der Waals surface area contributed by atoms with Gasteiger partial charge in [-0.05, 0) is 60.3 Å². The van der Waals surface area contributed by atoms with Crippen molar-refractivity contribution in [3.63, 3.8) is 0 Å². The largest absolute Gasteiger partial charge is 0.478 e. The summed E-state index contributed by atoms with van der Waals surface area (Å²) in [5.74, 6) is -0.329. The number of nitrogens with one attached hydrogen (secondary N) is 1. The number of carbonyl (C=O) groups excluding carboxylic acids is 1. The van der Waals surface area contributed by atoms with Gasteiger partial charge in [0, 0.05) is 29.8 Å². The number of rotatable bonds is 9. The van der Waals surface area contributed by atoms with Crippen LogP contribution >= 0.6 is 23.1 Å². The van der Waals surface area contributed by atoms with E-state index in [0.717, 1.165) is 11.8 Å². The standard InChI is InChI=1S/C27H20N4O6S3/c1-2-14-31-24(32)23(16-20-9-12-22(37-20)17-3-5-18(6-4-17)25(33)34)39-27(31)29-19-7-10-21(11-8-19)40(35,36)30-26-28-13-15-38-26/h2-13,15-16H,1,14H2,(H,28,30)(H,33,34). The van der Waals surface area contributed by atoms with Crippen molar-refractivity contribution < 1.29 is 27.5 Å². The van der Waals surface area contributed by atoms with Crippen molar-refractivity contribution in [1.82, 2.24) is 9.88 Å². The Bertz CT molecular complexity index is 1740. The summed E-state index contributed by atoms with van der Waals surface area (Å²) in [5.41, 5.74) is 1.33. The quantitative estimate of drug-likeness (QED) is 0.186. The maximum atomic E-state index is 13.1. The first-order chi connectivity index (χ1) is 19.2. The monoisotopic (exact) mass is 592 g/mol. The maximum Gasteiger partial charge on any atom is 0.335 e. The van der Waals surface area contributed by atoms with Gasteiger partial charge in [0.1, 0.15) is 11.5 Å². The number of aromatic nitrogens is 1. The van der Waals surface area contributed by atoms with Crippen molar-refractivity contribution >= 4 is 67.1 Å². The van der Waals surface area contributed by atoms with E-state index < -0.39 is 16.0 Å². The Labute approximate surface area is 237 Å². The predicted octanol–water partition coefficient (Wildman–Crippen LogP) is 5.69. The lowest BCUT2D eigenvalue weighted by Gasteiger charge is -2.12. The Morgan fingerprint density at radius 3 is 2.52 bits per heavy atom. The van der Waals surface area contributed by atoms with Gasteiger partial charge in [-0.1, -0.05) is 18.2 Å². The van der Waals surface area contributed by atoms with Crippen molar-refractivity contribution in [2.45, 2.75) is 4.90 Å². The number of anilines is 1. The van der Waals surface area contributed by atoms with Crippen molar-refractivity contribution in [1.29, 1.82) is 0 Å². The number of thioether (sulfide) groups is 1. The number of benzene rings is 2. The molecule has 1 fully saturated rings. The van der Waals surface area contributed by atoms with Crippen LogP contribution < -0.4 is 4.72 Å². The minimum Gasteiger partial charge on any atom is -0.478 e. The second kappa shape index (κ2) is 11.3. The highest BCUT2D eigenvalue weighted by Gasteiger charge is 2.33. The number of amides is 1. The van der Waals surface area contributed by atoms with Gasteiger partial charge >= 0.3 is 5.97 Å². The summed E-state index contributed by atoms with van der Waals surface area (Å²) in [6, 6.07) is 15.7. The molecule has 0 spiro atoms. The molecule has 2 aromatic heterocycles. The zero-order chi connectivity index (χ0) is 28.3. The van der Waals surface area contributed by atoms with Gasteiger partial charge in [0.25, 0.3) is 15.9 Å². The van der Waals surface area contributed by atoms with Crippen molar-refractivity contribution in [2.75, 3.05) is 11.3 Å². The first kappa shape index (κ1) is 27.1. The highest BCUT2D eigenvalue weighted by molar-refractivity contribution is 8.18. The number of sulfonamides is 1. The highest BCUT2D eigenvalue weighted by atomic mass is 32.2. The van der Waals surface area contributed by atoms with Crippen LogP contribution in [0.15, 0.2) is 104 Å². The third kappa shape index (κ3) is 5.91. The van der Waals surface area contributed by atoms with E-state index in [4.69, 9.17) is 9.52 Å². The first-order valence-corrected chi connectivity index (χ1v) is 14.8. The number of nitrogens with zero attached hydrogens (tertiary/aromatic N) is 3. The average molecular weight is 593 g/mol. The molecular weight excluding hydrogens is 573 g/mol. The molecule has 1 aliphatic rings. The third-order valence-electron chi connectivity index (χ3n) is 5.54. The van der Waals surface area contributed by atoms with Gasteiger partial charge < -0.3 is 9.52 Å². The molecule has 0 aliphatic carbocycles. The lowest BCUT2D eigenvalue weighted by molar-refractivity contribution is -0.121. The van der Waals surface area contributed by atoms with Crippen LogP contribution in [0.1, 0.15) is 16.1 Å². The smallest absolute Gasteiger partial charge is 0.335 e. The molecule has 0 unspecified atom stereocenters. The summed E-state index contributed by atoms with van der Waals surface area (Å²) < 4.78 is 33.5. The molecule has 0 radical (unpaired) electrons. The zero-order valence-electron chi connectivity index (χ0n) is 20.6. The molecule has 13 heteroatoms. The summed E-state index contributed by atoms with van der Waals surface area (Å²) in [4.78, 5) is 34.6. The van der Waals surface area contributed by atoms with Gasteiger partial charge in [0.15, 0.2) is 10.3 Å². The van der Waals surface area contributed by atoms with Crippen LogP contribution in [-0.2, 0) is 14.8 Å². The third-order valence-corrected chi connectivity index (χ3v) is 8.72. The number of hydrogen-bond donors (Lipinski definition) is 2. The number of hydrogen-bond acceptors (Lipinski definition) is 9. The Kier molecular flexibility index (Phi) is 7.69. The number of thiazole rings is 1. The van der Waals surface area contributed by atoms with Gasteiger partial charge in [-0.25, -0.2) is 23.2 Å². The molecule has 1 saturated heterocycles. The second-order valence-corrected chi connectivity index (χ2v) is 11.8. The van der Waals surface area contributed by atoms with E-state index in [1.54, 1.807) is 53.9 Å². The van der Waals surface area contributed by atoms with E-state index in [1.165, 1.54) is 46.7 Å².